The SMILES string of the molecule is CC1=CN(C)C(C)(SCC(=O)CC(CC=O)Oc2ccccc2[N+](=O)[O-])N1C.O=S(=O)(O)C(F)(F)F. The number of carbonyl (C=O) groups excluding carboxylic acids is 2. The highest BCUT2D eigenvalue weighted by atomic mass is 32.2. The van der Waals surface area contributed by atoms with Gasteiger partial charge in [-0.2, -0.15) is 21.6 Å². The Morgan fingerprint density at radius 2 is 1.89 bits per heavy atom. The van der Waals surface area contributed by atoms with E-state index in [1.165, 1.54) is 30.0 Å². The van der Waals surface area contributed by atoms with Gasteiger partial charge in [0, 0.05) is 44.9 Å². The van der Waals surface area contributed by atoms with Crippen molar-refractivity contribution in [2.24, 2.45) is 0 Å². The predicted molar refractivity (Wildman–Crippen MR) is 126 cm³/mol. The van der Waals surface area contributed by atoms with Crippen LogP contribution in [0.15, 0.2) is 36.2 Å². The molecule has 0 spiro atoms. The van der Waals surface area contributed by atoms with Crippen LogP contribution in [-0.2, 0) is 19.7 Å². The quantitative estimate of drug-likeness (QED) is 0.148. The van der Waals surface area contributed by atoms with Crippen LogP contribution in [0.3, 0.4) is 0 Å². The molecule has 2 unspecified atom stereocenters. The second-order valence-corrected chi connectivity index (χ2v) is 10.5. The van der Waals surface area contributed by atoms with Gasteiger partial charge in [0.2, 0.25) is 0 Å². The Balaban J connectivity index is 0.000000697. The van der Waals surface area contributed by atoms with Crippen LogP contribution in [-0.4, -0.2) is 76.2 Å². The maximum atomic E-state index is 12.5. The number of allylic oxidation sites excluding steroid dienone is 1. The highest BCUT2D eigenvalue weighted by Crippen LogP contribution is 2.39. The van der Waals surface area contributed by atoms with E-state index in [9.17, 15) is 32.9 Å². The van der Waals surface area contributed by atoms with E-state index in [0.29, 0.717) is 6.29 Å². The maximum absolute atomic E-state index is 12.5. The fourth-order valence-electron chi connectivity index (χ4n) is 2.95. The van der Waals surface area contributed by atoms with Crippen LogP contribution in [0.2, 0.25) is 0 Å². The molecule has 0 saturated carbocycles. The third kappa shape index (κ3) is 8.37. The summed E-state index contributed by atoms with van der Waals surface area (Å²) in [5, 5.41) is 11.1. The molecule has 36 heavy (non-hydrogen) atoms. The number of nitro benzene ring substituents is 1. The van der Waals surface area contributed by atoms with E-state index in [2.05, 4.69) is 4.90 Å². The van der Waals surface area contributed by atoms with E-state index < -0.39 is 26.7 Å². The molecule has 16 heteroatoms. The van der Waals surface area contributed by atoms with Crippen LogP contribution in [0.4, 0.5) is 18.9 Å². The molecule has 1 aliphatic rings. The summed E-state index contributed by atoms with van der Waals surface area (Å²) >= 11 is 1.49. The predicted octanol–water partition coefficient (Wildman–Crippen LogP) is 3.43. The molecule has 0 amide bonds. The van der Waals surface area contributed by atoms with Gasteiger partial charge in [-0.05, 0) is 19.9 Å². The minimum absolute atomic E-state index is 0.00765. The first-order valence-corrected chi connectivity index (χ1v) is 12.5. The zero-order chi connectivity index (χ0) is 27.9. The van der Waals surface area contributed by atoms with Crippen molar-refractivity contribution in [1.82, 2.24) is 9.80 Å². The second-order valence-electron chi connectivity index (χ2n) is 7.69. The number of ether oxygens (including phenoxy) is 1. The van der Waals surface area contributed by atoms with Crippen LogP contribution in [0, 0.1) is 10.1 Å². The number of hydrogen-bond acceptors (Lipinski definition) is 10. The largest absolute Gasteiger partial charge is 0.522 e. The lowest BCUT2D eigenvalue weighted by Crippen LogP contribution is -2.46. The van der Waals surface area contributed by atoms with Gasteiger partial charge in [0.15, 0.2) is 10.7 Å². The van der Waals surface area contributed by atoms with E-state index in [0.717, 1.165) is 5.70 Å². The number of alkyl halides is 3. The molecule has 2 atom stereocenters. The van der Waals surface area contributed by atoms with Crippen molar-refractivity contribution in [3.05, 3.63) is 46.3 Å². The molecule has 0 saturated heterocycles. The van der Waals surface area contributed by atoms with E-state index in [-0.39, 0.29) is 40.8 Å². The van der Waals surface area contributed by atoms with Gasteiger partial charge < -0.3 is 19.3 Å². The van der Waals surface area contributed by atoms with Gasteiger partial charge in [0.05, 0.1) is 10.7 Å². The van der Waals surface area contributed by atoms with Crippen molar-refractivity contribution in [3.63, 3.8) is 0 Å². The molecule has 11 nitrogen and oxygen atoms in total. The lowest BCUT2D eigenvalue weighted by molar-refractivity contribution is -0.386. The minimum atomic E-state index is -5.84. The number of hydrogen-bond donors (Lipinski definition) is 1. The van der Waals surface area contributed by atoms with Gasteiger partial charge in [-0.1, -0.05) is 12.1 Å². The summed E-state index contributed by atoms with van der Waals surface area (Å²) in [7, 11) is -1.91. The fourth-order valence-corrected chi connectivity index (χ4v) is 4.09. The van der Waals surface area contributed by atoms with E-state index in [1.807, 2.05) is 39.0 Å². The summed E-state index contributed by atoms with van der Waals surface area (Å²) in [5.41, 5.74) is -4.63. The van der Waals surface area contributed by atoms with Crippen LogP contribution in [0.25, 0.3) is 0 Å². The molecule has 1 heterocycles. The number of ketones is 1. The molecule has 1 aliphatic heterocycles. The van der Waals surface area contributed by atoms with Crippen LogP contribution in [0.1, 0.15) is 26.7 Å². The number of Topliss-reactive ketones (excluding diaryl/α,β-unsaturated/α-hetero) is 1. The Morgan fingerprint density at radius 3 is 2.33 bits per heavy atom. The molecule has 0 aromatic heterocycles. The summed E-state index contributed by atoms with van der Waals surface area (Å²) in [4.78, 5) is 37.9. The second kappa shape index (κ2) is 12.4. The van der Waals surface area contributed by atoms with Gasteiger partial charge in [0.25, 0.3) is 0 Å². The molecule has 2 rings (SSSR count). The van der Waals surface area contributed by atoms with Gasteiger partial charge in [-0.3, -0.25) is 19.5 Å². The molecular weight excluding hydrogens is 531 g/mol. The molecule has 1 aromatic carbocycles. The lowest BCUT2D eigenvalue weighted by atomic mass is 10.1. The Labute approximate surface area is 210 Å². The first-order chi connectivity index (χ1) is 16.4. The number of nitro groups is 1. The molecule has 0 aliphatic carbocycles. The Morgan fingerprint density at radius 1 is 1.33 bits per heavy atom. The maximum Gasteiger partial charge on any atom is 0.522 e. The monoisotopic (exact) mass is 557 g/mol. The molecular formula is C20H26F3N3O8S2. The van der Waals surface area contributed by atoms with Crippen LogP contribution < -0.4 is 4.74 Å². The van der Waals surface area contributed by atoms with Gasteiger partial charge in [-0.25, -0.2) is 0 Å². The molecule has 202 valence electrons. The van der Waals surface area contributed by atoms with Crippen molar-refractivity contribution in [2.45, 2.75) is 43.3 Å². The topological polar surface area (TPSA) is 147 Å². The number of halogens is 3. The molecule has 1 N–H and O–H groups in total. The summed E-state index contributed by atoms with van der Waals surface area (Å²) in [6.45, 7) is 4.04. The molecule has 1 aromatic rings. The van der Waals surface area contributed by atoms with E-state index in [1.54, 1.807) is 6.07 Å². The van der Waals surface area contributed by atoms with Crippen molar-refractivity contribution in [2.75, 3.05) is 19.8 Å². The summed E-state index contributed by atoms with van der Waals surface area (Å²) in [6.07, 6.45) is 1.93. The van der Waals surface area contributed by atoms with E-state index >= 15 is 0 Å². The first-order valence-electron chi connectivity index (χ1n) is 10.1. The molecule has 0 fully saturated rings. The number of benzene rings is 1. The lowest BCUT2D eigenvalue weighted by Gasteiger charge is -2.39. The Hall–Kier alpha value is -2.85. The molecule has 0 bridgehead atoms. The third-order valence-corrected chi connectivity index (χ3v) is 7.32. The third-order valence-electron chi connectivity index (χ3n) is 5.16. The van der Waals surface area contributed by atoms with Crippen LogP contribution in [0.5, 0.6) is 5.75 Å². The van der Waals surface area contributed by atoms with Gasteiger partial charge in [0.1, 0.15) is 18.2 Å². The van der Waals surface area contributed by atoms with Crippen molar-refractivity contribution < 1.29 is 45.4 Å². The number of rotatable bonds is 10. The summed E-state index contributed by atoms with van der Waals surface area (Å²) in [5.74, 6) is 0.215. The Kier molecular flexibility index (Phi) is 10.7. The summed E-state index contributed by atoms with van der Waals surface area (Å²) in [6, 6.07) is 5.94. The van der Waals surface area contributed by atoms with Crippen LogP contribution >= 0.6 is 11.8 Å². The zero-order valence-electron chi connectivity index (χ0n) is 19.8. The summed E-state index contributed by atoms with van der Waals surface area (Å²) < 4.78 is 63.2. The average molecular weight is 558 g/mol. The smallest absolute Gasteiger partial charge is 0.483 e. The first kappa shape index (κ1) is 31.2. The van der Waals surface area contributed by atoms with Crippen molar-refractivity contribution in [1.29, 1.82) is 0 Å². The Bertz CT molecular complexity index is 1100. The zero-order valence-corrected chi connectivity index (χ0v) is 21.4. The van der Waals surface area contributed by atoms with Gasteiger partial charge in [-0.15, -0.1) is 11.8 Å². The molecule has 0 radical (unpaired) electrons. The number of aldehydes is 1. The fraction of sp³-hybridized carbons (Fsp3) is 0.500. The van der Waals surface area contributed by atoms with Crippen molar-refractivity contribution in [3.8, 4) is 5.75 Å². The number of thioether (sulfide) groups is 1. The highest BCUT2D eigenvalue weighted by Gasteiger charge is 2.44. The number of para-hydroxylation sites is 2. The van der Waals surface area contributed by atoms with Crippen molar-refractivity contribution >= 4 is 39.6 Å². The normalized spacial score (nSPS) is 18.6. The van der Waals surface area contributed by atoms with Gasteiger partial charge >= 0.3 is 21.3 Å². The minimum Gasteiger partial charge on any atom is -0.483 e. The average Bonchev–Trinajstić information content (AvgIpc) is 2.94. The number of carbonyl (C=O) groups is 2. The number of nitrogens with zero attached hydrogens (tertiary/aromatic N) is 3. The standard InChI is InChI=1S/C19H25N3O5S.CHF3O3S/c1-14-12-20(3)19(2,21(14)4)28-13-15(24)11-16(9-10-23)27-18-8-6-5-7-17(18)22(25)26;2-1(3,4)8(5,6)7/h5-8,10,12,16H,9,11,13H2,1-4H3;(H,5,6,7). The highest BCUT2D eigenvalue weighted by molar-refractivity contribution is 8.01. The van der Waals surface area contributed by atoms with E-state index in [4.69, 9.17) is 17.7 Å².